The van der Waals surface area contributed by atoms with Crippen LogP contribution in [0.4, 0.5) is 0 Å². The number of nitrogens with two attached hydrogens (primary N) is 1. The maximum Gasteiger partial charge on any atom is 0.119 e. The molecule has 0 amide bonds. The second-order valence-corrected chi connectivity index (χ2v) is 4.23. The summed E-state index contributed by atoms with van der Waals surface area (Å²) in [5.74, 6) is 0.973. The van der Waals surface area contributed by atoms with E-state index in [0.717, 1.165) is 24.2 Å². The number of hydrogen-bond acceptors (Lipinski definition) is 3. The van der Waals surface area contributed by atoms with Crippen LogP contribution >= 0.6 is 0 Å². The highest BCUT2D eigenvalue weighted by Crippen LogP contribution is 2.26. The van der Waals surface area contributed by atoms with E-state index in [9.17, 15) is 5.11 Å². The zero-order valence-corrected chi connectivity index (χ0v) is 10.7. The quantitative estimate of drug-likeness (QED) is 0.766. The van der Waals surface area contributed by atoms with Crippen LogP contribution < -0.4 is 10.5 Å². The molecular formula is C14H23NO2. The summed E-state index contributed by atoms with van der Waals surface area (Å²) >= 11 is 0. The van der Waals surface area contributed by atoms with Gasteiger partial charge in [0.25, 0.3) is 0 Å². The van der Waals surface area contributed by atoms with Crippen LogP contribution in [0.3, 0.4) is 0 Å². The third-order valence-corrected chi connectivity index (χ3v) is 2.94. The summed E-state index contributed by atoms with van der Waals surface area (Å²) in [6, 6.07) is 7.60. The number of hydrogen-bond donors (Lipinski definition) is 2. The molecule has 3 N–H and O–H groups in total. The summed E-state index contributed by atoms with van der Waals surface area (Å²) in [5.41, 5.74) is 6.60. The lowest BCUT2D eigenvalue weighted by atomic mass is 9.92. The highest BCUT2D eigenvalue weighted by Gasteiger charge is 2.18. The van der Waals surface area contributed by atoms with Gasteiger partial charge < -0.3 is 15.6 Å². The topological polar surface area (TPSA) is 55.5 Å². The summed E-state index contributed by atoms with van der Waals surface area (Å²) in [6.07, 6.45) is 1.51. The minimum atomic E-state index is -0.476. The standard InChI is InChI=1S/C14H23NO2/c1-3-5-12(10-15)14(16)11-6-8-13(9-7-11)17-4-2/h6-9,12,14,16H,3-5,10,15H2,1-2H3. The van der Waals surface area contributed by atoms with Crippen LogP contribution in [0.2, 0.25) is 0 Å². The molecule has 0 fully saturated rings. The predicted octanol–water partition coefficient (Wildman–Crippen LogP) is 2.49. The van der Waals surface area contributed by atoms with Crippen LogP contribution in [0.15, 0.2) is 24.3 Å². The molecule has 1 aromatic rings. The predicted molar refractivity (Wildman–Crippen MR) is 70.0 cm³/mol. The van der Waals surface area contributed by atoms with Gasteiger partial charge in [-0.05, 0) is 37.6 Å². The molecular weight excluding hydrogens is 214 g/mol. The van der Waals surface area contributed by atoms with Crippen molar-refractivity contribution in [1.82, 2.24) is 0 Å². The average Bonchev–Trinajstić information content (AvgIpc) is 2.36. The van der Waals surface area contributed by atoms with Gasteiger partial charge in [-0.3, -0.25) is 0 Å². The fourth-order valence-electron chi connectivity index (χ4n) is 1.98. The molecule has 0 aromatic heterocycles. The van der Waals surface area contributed by atoms with Gasteiger partial charge in [-0.2, -0.15) is 0 Å². The molecule has 96 valence electrons. The van der Waals surface area contributed by atoms with E-state index in [0.29, 0.717) is 13.2 Å². The minimum absolute atomic E-state index is 0.137. The maximum atomic E-state index is 10.2. The van der Waals surface area contributed by atoms with Crippen molar-refractivity contribution >= 4 is 0 Å². The lowest BCUT2D eigenvalue weighted by Gasteiger charge is -2.21. The Labute approximate surface area is 104 Å². The molecule has 0 bridgehead atoms. The third-order valence-electron chi connectivity index (χ3n) is 2.94. The van der Waals surface area contributed by atoms with Crippen LogP contribution in [-0.4, -0.2) is 18.3 Å². The Morgan fingerprint density at radius 3 is 2.35 bits per heavy atom. The molecule has 3 heteroatoms. The van der Waals surface area contributed by atoms with E-state index < -0.39 is 6.10 Å². The van der Waals surface area contributed by atoms with Crippen molar-refractivity contribution in [2.45, 2.75) is 32.8 Å². The van der Waals surface area contributed by atoms with Crippen LogP contribution in [0.25, 0.3) is 0 Å². The molecule has 0 aliphatic heterocycles. The van der Waals surface area contributed by atoms with E-state index in [1.165, 1.54) is 0 Å². The van der Waals surface area contributed by atoms with E-state index in [2.05, 4.69) is 6.92 Å². The van der Waals surface area contributed by atoms with E-state index in [1.54, 1.807) is 0 Å². The van der Waals surface area contributed by atoms with Crippen molar-refractivity contribution in [2.75, 3.05) is 13.2 Å². The average molecular weight is 237 g/mol. The summed E-state index contributed by atoms with van der Waals surface area (Å²) in [5, 5.41) is 10.2. The maximum absolute atomic E-state index is 10.2. The highest BCUT2D eigenvalue weighted by molar-refractivity contribution is 5.28. The molecule has 0 saturated carbocycles. The van der Waals surface area contributed by atoms with Crippen molar-refractivity contribution in [3.8, 4) is 5.75 Å². The first kappa shape index (κ1) is 14.0. The third kappa shape index (κ3) is 4.02. The van der Waals surface area contributed by atoms with Crippen molar-refractivity contribution in [2.24, 2.45) is 11.7 Å². The van der Waals surface area contributed by atoms with E-state index >= 15 is 0 Å². The molecule has 1 aromatic carbocycles. The molecule has 3 nitrogen and oxygen atoms in total. The Kier molecular flexibility index (Phi) is 6.01. The number of benzene rings is 1. The Morgan fingerprint density at radius 2 is 1.88 bits per heavy atom. The molecule has 0 radical (unpaired) electrons. The number of rotatable bonds is 7. The van der Waals surface area contributed by atoms with Crippen LogP contribution in [-0.2, 0) is 0 Å². The molecule has 0 aliphatic rings. The SMILES string of the molecule is CCCC(CN)C(O)c1ccc(OCC)cc1. The van der Waals surface area contributed by atoms with Crippen LogP contribution in [0.5, 0.6) is 5.75 Å². The second-order valence-electron chi connectivity index (χ2n) is 4.23. The van der Waals surface area contributed by atoms with Gasteiger partial charge in [-0.15, -0.1) is 0 Å². The van der Waals surface area contributed by atoms with Crippen molar-refractivity contribution < 1.29 is 9.84 Å². The number of aliphatic hydroxyl groups is 1. The highest BCUT2D eigenvalue weighted by atomic mass is 16.5. The van der Waals surface area contributed by atoms with Crippen molar-refractivity contribution in [3.63, 3.8) is 0 Å². The van der Waals surface area contributed by atoms with Gasteiger partial charge in [0.1, 0.15) is 5.75 Å². The Bertz CT molecular complexity index is 311. The zero-order valence-electron chi connectivity index (χ0n) is 10.7. The minimum Gasteiger partial charge on any atom is -0.494 e. The van der Waals surface area contributed by atoms with Gasteiger partial charge in [0.15, 0.2) is 0 Å². The summed E-state index contributed by atoms with van der Waals surface area (Å²) in [7, 11) is 0. The van der Waals surface area contributed by atoms with Crippen LogP contribution in [0, 0.1) is 5.92 Å². The summed E-state index contributed by atoms with van der Waals surface area (Å²) in [6.45, 7) is 5.23. The first-order valence-electron chi connectivity index (χ1n) is 6.33. The molecule has 0 spiro atoms. The molecule has 1 rings (SSSR count). The van der Waals surface area contributed by atoms with Crippen molar-refractivity contribution in [1.29, 1.82) is 0 Å². The second kappa shape index (κ2) is 7.30. The Morgan fingerprint density at radius 1 is 1.24 bits per heavy atom. The molecule has 2 atom stereocenters. The number of ether oxygens (including phenoxy) is 1. The molecule has 0 saturated heterocycles. The lowest BCUT2D eigenvalue weighted by Crippen LogP contribution is -2.21. The molecule has 17 heavy (non-hydrogen) atoms. The van der Waals surface area contributed by atoms with E-state index in [1.807, 2.05) is 31.2 Å². The molecule has 0 aliphatic carbocycles. The van der Waals surface area contributed by atoms with E-state index in [4.69, 9.17) is 10.5 Å². The zero-order chi connectivity index (χ0) is 12.7. The van der Waals surface area contributed by atoms with E-state index in [-0.39, 0.29) is 5.92 Å². The summed E-state index contributed by atoms with van der Waals surface area (Å²) < 4.78 is 5.37. The van der Waals surface area contributed by atoms with Gasteiger partial charge in [0, 0.05) is 5.92 Å². The fourth-order valence-corrected chi connectivity index (χ4v) is 1.98. The van der Waals surface area contributed by atoms with Crippen molar-refractivity contribution in [3.05, 3.63) is 29.8 Å². The Hall–Kier alpha value is -1.06. The van der Waals surface area contributed by atoms with Gasteiger partial charge >= 0.3 is 0 Å². The summed E-state index contributed by atoms with van der Waals surface area (Å²) in [4.78, 5) is 0. The monoisotopic (exact) mass is 237 g/mol. The first-order valence-corrected chi connectivity index (χ1v) is 6.33. The van der Waals surface area contributed by atoms with Gasteiger partial charge in [0.2, 0.25) is 0 Å². The molecule has 0 heterocycles. The van der Waals surface area contributed by atoms with Gasteiger partial charge in [-0.1, -0.05) is 25.5 Å². The fraction of sp³-hybridized carbons (Fsp3) is 0.571. The normalized spacial score (nSPS) is 14.4. The first-order chi connectivity index (χ1) is 8.22. The smallest absolute Gasteiger partial charge is 0.119 e. The largest absolute Gasteiger partial charge is 0.494 e. The molecule has 2 unspecified atom stereocenters. The Balaban J connectivity index is 2.70. The number of aliphatic hydroxyl groups excluding tert-OH is 1. The van der Waals surface area contributed by atoms with Crippen LogP contribution in [0.1, 0.15) is 38.4 Å². The van der Waals surface area contributed by atoms with Gasteiger partial charge in [-0.25, -0.2) is 0 Å². The van der Waals surface area contributed by atoms with Gasteiger partial charge in [0.05, 0.1) is 12.7 Å². The lowest BCUT2D eigenvalue weighted by molar-refractivity contribution is 0.106.